The Kier molecular flexibility index (Phi) is 3.96. The van der Waals surface area contributed by atoms with Crippen LogP contribution in [0, 0.1) is 19.9 Å². The van der Waals surface area contributed by atoms with Crippen LogP contribution in [-0.4, -0.2) is 32.1 Å². The first-order valence-electron chi connectivity index (χ1n) is 4.86. The zero-order valence-corrected chi connectivity index (χ0v) is 9.42. The SMILES string of the molecule is Cc1c[c]c(OCCN(C)C)c(C)c1. The number of rotatable bonds is 4. The Morgan fingerprint density at radius 1 is 1.36 bits per heavy atom. The van der Waals surface area contributed by atoms with Crippen molar-refractivity contribution in [3.05, 3.63) is 29.3 Å². The van der Waals surface area contributed by atoms with Crippen molar-refractivity contribution in [2.24, 2.45) is 0 Å². The highest BCUT2D eigenvalue weighted by molar-refractivity contribution is 5.34. The molecular formula is C12H18NO. The highest BCUT2D eigenvalue weighted by atomic mass is 16.5. The zero-order chi connectivity index (χ0) is 10.6. The third kappa shape index (κ3) is 3.38. The molecule has 0 fully saturated rings. The lowest BCUT2D eigenvalue weighted by Crippen LogP contribution is -2.19. The molecule has 0 saturated heterocycles. The Labute approximate surface area is 86.5 Å². The molecule has 0 saturated carbocycles. The van der Waals surface area contributed by atoms with E-state index in [1.54, 1.807) is 0 Å². The quantitative estimate of drug-likeness (QED) is 0.724. The van der Waals surface area contributed by atoms with E-state index in [1.165, 1.54) is 5.56 Å². The van der Waals surface area contributed by atoms with Gasteiger partial charge in [0.05, 0.1) is 0 Å². The molecule has 1 aromatic rings. The zero-order valence-electron chi connectivity index (χ0n) is 9.42. The molecule has 0 aromatic heterocycles. The predicted molar refractivity (Wildman–Crippen MR) is 58.8 cm³/mol. The highest BCUT2D eigenvalue weighted by Gasteiger charge is 1.99. The van der Waals surface area contributed by atoms with Gasteiger partial charge in [-0.05, 0) is 45.1 Å². The molecule has 0 aliphatic heterocycles. The van der Waals surface area contributed by atoms with Crippen molar-refractivity contribution in [3.63, 3.8) is 0 Å². The maximum Gasteiger partial charge on any atom is 0.130 e. The topological polar surface area (TPSA) is 12.5 Å². The molecule has 2 nitrogen and oxygen atoms in total. The summed E-state index contributed by atoms with van der Waals surface area (Å²) in [6.07, 6.45) is 0. The van der Waals surface area contributed by atoms with Crippen LogP contribution < -0.4 is 4.74 Å². The van der Waals surface area contributed by atoms with Gasteiger partial charge < -0.3 is 9.64 Å². The van der Waals surface area contributed by atoms with E-state index in [0.29, 0.717) is 6.61 Å². The number of nitrogens with zero attached hydrogens (tertiary/aromatic N) is 1. The Morgan fingerprint density at radius 3 is 2.64 bits per heavy atom. The number of aryl methyl sites for hydroxylation is 2. The largest absolute Gasteiger partial charge is 0.491 e. The van der Waals surface area contributed by atoms with Gasteiger partial charge in [-0.15, -0.1) is 0 Å². The molecule has 0 aliphatic rings. The van der Waals surface area contributed by atoms with Crippen LogP contribution in [0.4, 0.5) is 0 Å². The van der Waals surface area contributed by atoms with E-state index in [0.717, 1.165) is 17.9 Å². The summed E-state index contributed by atoms with van der Waals surface area (Å²) in [5, 5.41) is 0. The van der Waals surface area contributed by atoms with Crippen molar-refractivity contribution in [1.29, 1.82) is 0 Å². The minimum Gasteiger partial charge on any atom is -0.491 e. The van der Waals surface area contributed by atoms with Gasteiger partial charge in [0.15, 0.2) is 0 Å². The standard InChI is InChI=1S/C12H18NO/c1-10-5-6-12(11(2)9-10)14-8-7-13(3)4/h5,9H,7-8H2,1-4H3. The molecule has 14 heavy (non-hydrogen) atoms. The maximum atomic E-state index is 5.61. The van der Waals surface area contributed by atoms with Gasteiger partial charge in [0, 0.05) is 12.6 Å². The molecular weight excluding hydrogens is 174 g/mol. The first kappa shape index (κ1) is 11.1. The number of ether oxygens (including phenoxy) is 1. The molecule has 0 N–H and O–H groups in total. The molecule has 0 aliphatic carbocycles. The first-order valence-corrected chi connectivity index (χ1v) is 4.86. The second-order valence-electron chi connectivity index (χ2n) is 3.84. The van der Waals surface area contributed by atoms with Gasteiger partial charge in [-0.3, -0.25) is 0 Å². The summed E-state index contributed by atoms with van der Waals surface area (Å²) >= 11 is 0. The fraction of sp³-hybridized carbons (Fsp3) is 0.500. The lowest BCUT2D eigenvalue weighted by atomic mass is 10.1. The monoisotopic (exact) mass is 192 g/mol. The first-order chi connectivity index (χ1) is 6.59. The van der Waals surface area contributed by atoms with Crippen molar-refractivity contribution in [1.82, 2.24) is 4.90 Å². The second-order valence-corrected chi connectivity index (χ2v) is 3.84. The normalized spacial score (nSPS) is 10.6. The summed E-state index contributed by atoms with van der Waals surface area (Å²) in [5.74, 6) is 0.873. The Hall–Kier alpha value is -1.02. The van der Waals surface area contributed by atoms with Gasteiger partial charge in [0.25, 0.3) is 0 Å². The van der Waals surface area contributed by atoms with Gasteiger partial charge in [-0.1, -0.05) is 6.07 Å². The van der Waals surface area contributed by atoms with Gasteiger partial charge in [0.2, 0.25) is 0 Å². The highest BCUT2D eigenvalue weighted by Crippen LogP contribution is 2.17. The number of hydrogen-bond acceptors (Lipinski definition) is 2. The molecule has 77 valence electrons. The summed E-state index contributed by atoms with van der Waals surface area (Å²) < 4.78 is 5.61. The average Bonchev–Trinajstić information content (AvgIpc) is 2.08. The van der Waals surface area contributed by atoms with Gasteiger partial charge in [0.1, 0.15) is 12.4 Å². The summed E-state index contributed by atoms with van der Waals surface area (Å²) in [5.41, 5.74) is 2.38. The van der Waals surface area contributed by atoms with Crippen molar-refractivity contribution in [2.45, 2.75) is 13.8 Å². The second kappa shape index (κ2) is 5.01. The lowest BCUT2D eigenvalue weighted by molar-refractivity contribution is 0.259. The van der Waals surface area contributed by atoms with Crippen molar-refractivity contribution in [2.75, 3.05) is 27.2 Å². The third-order valence-electron chi connectivity index (χ3n) is 2.02. The van der Waals surface area contributed by atoms with Crippen molar-refractivity contribution < 1.29 is 4.74 Å². The third-order valence-corrected chi connectivity index (χ3v) is 2.02. The Bertz CT molecular complexity index is 294. The molecule has 0 heterocycles. The van der Waals surface area contributed by atoms with Crippen molar-refractivity contribution in [3.8, 4) is 5.75 Å². The summed E-state index contributed by atoms with van der Waals surface area (Å²) in [6.45, 7) is 5.76. The molecule has 0 bridgehead atoms. The Balaban J connectivity index is 2.51. The predicted octanol–water partition coefficient (Wildman–Crippen LogP) is 2.04. The summed E-state index contributed by atoms with van der Waals surface area (Å²) in [6, 6.07) is 7.21. The van der Waals surface area contributed by atoms with E-state index in [1.807, 2.05) is 20.2 Å². The Morgan fingerprint density at radius 2 is 2.07 bits per heavy atom. The number of benzene rings is 1. The van der Waals surface area contributed by atoms with Crippen LogP contribution in [0.15, 0.2) is 12.1 Å². The maximum absolute atomic E-state index is 5.61. The van der Waals surface area contributed by atoms with E-state index in [-0.39, 0.29) is 0 Å². The average molecular weight is 192 g/mol. The van der Waals surface area contributed by atoms with Gasteiger partial charge >= 0.3 is 0 Å². The van der Waals surface area contributed by atoms with Crippen LogP contribution in [-0.2, 0) is 0 Å². The molecule has 0 unspecified atom stereocenters. The molecule has 0 atom stereocenters. The summed E-state index contributed by atoms with van der Waals surface area (Å²) in [4.78, 5) is 2.10. The fourth-order valence-corrected chi connectivity index (χ4v) is 1.23. The van der Waals surface area contributed by atoms with E-state index in [9.17, 15) is 0 Å². The van der Waals surface area contributed by atoms with Gasteiger partial charge in [-0.2, -0.15) is 0 Å². The van der Waals surface area contributed by atoms with E-state index in [2.05, 4.69) is 30.9 Å². The molecule has 1 rings (SSSR count). The molecule has 0 amide bonds. The minimum atomic E-state index is 0.716. The summed E-state index contributed by atoms with van der Waals surface area (Å²) in [7, 11) is 4.07. The van der Waals surface area contributed by atoms with Crippen molar-refractivity contribution >= 4 is 0 Å². The number of likely N-dealkylation sites (N-methyl/N-ethyl adjacent to an activating group) is 1. The van der Waals surface area contributed by atoms with E-state index >= 15 is 0 Å². The molecule has 1 radical (unpaired) electrons. The van der Waals surface area contributed by atoms with Crippen LogP contribution in [0.5, 0.6) is 5.75 Å². The smallest absolute Gasteiger partial charge is 0.130 e. The molecule has 1 aromatic carbocycles. The molecule has 2 heteroatoms. The molecule has 0 spiro atoms. The van der Waals surface area contributed by atoms with Crippen LogP contribution in [0.2, 0.25) is 0 Å². The number of hydrogen-bond donors (Lipinski definition) is 0. The van der Waals surface area contributed by atoms with Gasteiger partial charge in [-0.25, -0.2) is 0 Å². The fourth-order valence-electron chi connectivity index (χ4n) is 1.23. The van der Waals surface area contributed by atoms with Crippen LogP contribution in [0.3, 0.4) is 0 Å². The van der Waals surface area contributed by atoms with Crippen LogP contribution in [0.1, 0.15) is 11.1 Å². The van der Waals surface area contributed by atoms with E-state index < -0.39 is 0 Å². The van der Waals surface area contributed by atoms with Crippen LogP contribution in [0.25, 0.3) is 0 Å². The van der Waals surface area contributed by atoms with E-state index in [4.69, 9.17) is 4.74 Å². The minimum absolute atomic E-state index is 0.716. The van der Waals surface area contributed by atoms with Crippen LogP contribution >= 0.6 is 0 Å². The lowest BCUT2D eigenvalue weighted by Gasteiger charge is -2.12.